The Morgan fingerprint density at radius 1 is 1.56 bits per heavy atom. The van der Waals surface area contributed by atoms with Crippen LogP contribution in [0.4, 0.5) is 0 Å². The Labute approximate surface area is 96.0 Å². The van der Waals surface area contributed by atoms with Gasteiger partial charge in [0.15, 0.2) is 0 Å². The third kappa shape index (κ3) is 4.60. The van der Waals surface area contributed by atoms with Crippen LogP contribution in [0.25, 0.3) is 0 Å². The summed E-state index contributed by atoms with van der Waals surface area (Å²) in [5.41, 5.74) is -0.599. The molecule has 1 fully saturated rings. The maximum atomic E-state index is 11.4. The lowest BCUT2D eigenvalue weighted by Gasteiger charge is -2.21. The van der Waals surface area contributed by atoms with Crippen molar-refractivity contribution in [2.45, 2.75) is 31.8 Å². The number of nitrogens with zero attached hydrogens (tertiary/aromatic N) is 2. The molecule has 2 N–H and O–H groups in total. The van der Waals surface area contributed by atoms with E-state index >= 15 is 0 Å². The number of nitriles is 1. The van der Waals surface area contributed by atoms with E-state index < -0.39 is 5.60 Å². The fraction of sp³-hybridized carbons (Fsp3) is 0.818. The molecular weight excluding hydrogens is 206 g/mol. The van der Waals surface area contributed by atoms with Crippen molar-refractivity contribution in [1.29, 1.82) is 5.26 Å². The number of hydrogen-bond donors (Lipinski definition) is 2. The lowest BCUT2D eigenvalue weighted by molar-refractivity contribution is -0.122. The normalized spacial score (nSPS) is 26.8. The van der Waals surface area contributed by atoms with Crippen molar-refractivity contribution in [3.63, 3.8) is 0 Å². The summed E-state index contributed by atoms with van der Waals surface area (Å²) in [7, 11) is 0. The first-order chi connectivity index (χ1) is 7.53. The second-order valence-corrected chi connectivity index (χ2v) is 4.56. The molecule has 1 heterocycles. The highest BCUT2D eigenvalue weighted by atomic mass is 16.3. The van der Waals surface area contributed by atoms with E-state index in [0.717, 1.165) is 25.9 Å². The highest BCUT2D eigenvalue weighted by molar-refractivity contribution is 5.78. The van der Waals surface area contributed by atoms with Crippen molar-refractivity contribution in [1.82, 2.24) is 10.2 Å². The molecule has 1 atom stereocenters. The number of carbonyl (C=O) groups excluding carboxylic acids is 1. The Morgan fingerprint density at radius 3 is 3.00 bits per heavy atom. The summed E-state index contributed by atoms with van der Waals surface area (Å²) in [6.45, 7) is 3.78. The zero-order valence-corrected chi connectivity index (χ0v) is 9.70. The van der Waals surface area contributed by atoms with Gasteiger partial charge in [-0.2, -0.15) is 5.26 Å². The Bertz CT molecular complexity index is 283. The zero-order valence-electron chi connectivity index (χ0n) is 9.70. The Morgan fingerprint density at radius 2 is 2.31 bits per heavy atom. The standard InChI is InChI=1S/C11H19N3O2/c1-11(16)3-2-7-14(8-4-11)9-10(15)13-6-5-12/h16H,2-4,6-9H2,1H3,(H,13,15). The number of aliphatic hydroxyl groups is 1. The van der Waals surface area contributed by atoms with Crippen LogP contribution in [-0.4, -0.2) is 47.7 Å². The Kier molecular flexibility index (Phi) is 4.71. The number of carbonyl (C=O) groups is 1. The van der Waals surface area contributed by atoms with Crippen molar-refractivity contribution in [2.24, 2.45) is 0 Å². The van der Waals surface area contributed by atoms with E-state index in [9.17, 15) is 9.90 Å². The summed E-state index contributed by atoms with van der Waals surface area (Å²) in [4.78, 5) is 13.4. The molecule has 1 aliphatic heterocycles. The number of nitrogens with one attached hydrogen (secondary N) is 1. The van der Waals surface area contributed by atoms with Crippen molar-refractivity contribution >= 4 is 5.91 Å². The van der Waals surface area contributed by atoms with Crippen LogP contribution in [0.2, 0.25) is 0 Å². The smallest absolute Gasteiger partial charge is 0.235 e. The van der Waals surface area contributed by atoms with Gasteiger partial charge in [0.25, 0.3) is 0 Å². The highest BCUT2D eigenvalue weighted by Crippen LogP contribution is 2.20. The van der Waals surface area contributed by atoms with Crippen molar-refractivity contribution < 1.29 is 9.90 Å². The molecule has 0 saturated carbocycles. The highest BCUT2D eigenvalue weighted by Gasteiger charge is 2.25. The molecule has 1 saturated heterocycles. The first-order valence-electron chi connectivity index (χ1n) is 5.62. The molecule has 0 aromatic heterocycles. The average Bonchev–Trinajstić information content (AvgIpc) is 2.37. The fourth-order valence-electron chi connectivity index (χ4n) is 1.87. The Hall–Kier alpha value is -1.12. The molecular formula is C11H19N3O2. The second-order valence-electron chi connectivity index (χ2n) is 4.56. The zero-order chi connectivity index (χ0) is 12.0. The van der Waals surface area contributed by atoms with E-state index in [0.29, 0.717) is 13.0 Å². The van der Waals surface area contributed by atoms with Crippen LogP contribution in [0.5, 0.6) is 0 Å². The summed E-state index contributed by atoms with van der Waals surface area (Å²) in [5, 5.41) is 20.7. The van der Waals surface area contributed by atoms with Crippen LogP contribution >= 0.6 is 0 Å². The van der Waals surface area contributed by atoms with Gasteiger partial charge in [0.1, 0.15) is 6.54 Å². The topological polar surface area (TPSA) is 76.4 Å². The minimum Gasteiger partial charge on any atom is -0.390 e. The van der Waals surface area contributed by atoms with Gasteiger partial charge in [-0.05, 0) is 32.7 Å². The van der Waals surface area contributed by atoms with Crippen LogP contribution in [-0.2, 0) is 4.79 Å². The maximum Gasteiger partial charge on any atom is 0.235 e. The maximum absolute atomic E-state index is 11.4. The van der Waals surface area contributed by atoms with Crippen LogP contribution in [0, 0.1) is 11.3 Å². The molecule has 1 rings (SSSR count). The summed E-state index contributed by atoms with van der Waals surface area (Å²) in [5.74, 6) is -0.122. The van der Waals surface area contributed by atoms with Crippen molar-refractivity contribution in [3.05, 3.63) is 0 Å². The second kappa shape index (κ2) is 5.83. The van der Waals surface area contributed by atoms with Gasteiger partial charge in [-0.3, -0.25) is 9.69 Å². The summed E-state index contributed by atoms with van der Waals surface area (Å²) in [6.07, 6.45) is 2.38. The third-order valence-electron chi connectivity index (χ3n) is 2.89. The summed E-state index contributed by atoms with van der Waals surface area (Å²) < 4.78 is 0. The number of amides is 1. The predicted molar refractivity (Wildman–Crippen MR) is 59.5 cm³/mol. The minimum atomic E-state index is -0.599. The van der Waals surface area contributed by atoms with Gasteiger partial charge in [-0.1, -0.05) is 0 Å². The number of likely N-dealkylation sites (tertiary alicyclic amines) is 1. The lowest BCUT2D eigenvalue weighted by atomic mass is 9.98. The van der Waals surface area contributed by atoms with E-state index in [1.807, 2.05) is 17.9 Å². The van der Waals surface area contributed by atoms with Gasteiger partial charge in [-0.25, -0.2) is 0 Å². The van der Waals surface area contributed by atoms with E-state index in [4.69, 9.17) is 5.26 Å². The van der Waals surface area contributed by atoms with Gasteiger partial charge in [-0.15, -0.1) is 0 Å². The molecule has 1 amide bonds. The summed E-state index contributed by atoms with van der Waals surface area (Å²) in [6, 6.07) is 1.87. The number of hydrogen-bond acceptors (Lipinski definition) is 4. The molecule has 0 bridgehead atoms. The predicted octanol–water partition coefficient (Wildman–Crippen LogP) is -0.137. The summed E-state index contributed by atoms with van der Waals surface area (Å²) >= 11 is 0. The van der Waals surface area contributed by atoms with Crippen molar-refractivity contribution in [3.8, 4) is 6.07 Å². The van der Waals surface area contributed by atoms with Gasteiger partial charge < -0.3 is 10.4 Å². The molecule has 1 unspecified atom stereocenters. The van der Waals surface area contributed by atoms with Gasteiger partial charge in [0.05, 0.1) is 18.2 Å². The molecule has 90 valence electrons. The van der Waals surface area contributed by atoms with Crippen LogP contribution in [0.3, 0.4) is 0 Å². The van der Waals surface area contributed by atoms with E-state index in [2.05, 4.69) is 5.32 Å². The van der Waals surface area contributed by atoms with Crippen LogP contribution < -0.4 is 5.32 Å². The van der Waals surface area contributed by atoms with Gasteiger partial charge in [0, 0.05) is 6.54 Å². The molecule has 0 aliphatic carbocycles. The molecule has 0 spiro atoms. The Balaban J connectivity index is 2.33. The molecule has 5 heteroatoms. The molecule has 0 aromatic carbocycles. The van der Waals surface area contributed by atoms with E-state index in [1.165, 1.54) is 0 Å². The van der Waals surface area contributed by atoms with E-state index in [1.54, 1.807) is 0 Å². The first kappa shape index (κ1) is 12.9. The molecule has 16 heavy (non-hydrogen) atoms. The molecule has 5 nitrogen and oxygen atoms in total. The minimum absolute atomic E-state index is 0.0599. The average molecular weight is 225 g/mol. The first-order valence-corrected chi connectivity index (χ1v) is 5.62. The number of rotatable bonds is 3. The van der Waals surface area contributed by atoms with E-state index in [-0.39, 0.29) is 12.5 Å². The van der Waals surface area contributed by atoms with Crippen LogP contribution in [0.1, 0.15) is 26.2 Å². The van der Waals surface area contributed by atoms with Gasteiger partial charge >= 0.3 is 0 Å². The molecule has 0 radical (unpaired) electrons. The SMILES string of the molecule is CC1(O)CCCN(CC(=O)NCC#N)CC1. The fourth-order valence-corrected chi connectivity index (χ4v) is 1.87. The molecule has 1 aliphatic rings. The molecule has 0 aromatic rings. The lowest BCUT2D eigenvalue weighted by Crippen LogP contribution is -2.38. The van der Waals surface area contributed by atoms with Crippen molar-refractivity contribution in [2.75, 3.05) is 26.2 Å². The third-order valence-corrected chi connectivity index (χ3v) is 2.89. The van der Waals surface area contributed by atoms with Crippen LogP contribution in [0.15, 0.2) is 0 Å². The monoisotopic (exact) mass is 225 g/mol. The quantitative estimate of drug-likeness (QED) is 0.656. The largest absolute Gasteiger partial charge is 0.390 e. The van der Waals surface area contributed by atoms with Gasteiger partial charge in [0.2, 0.25) is 5.91 Å².